The highest BCUT2D eigenvalue weighted by Gasteiger charge is 2.13. The molecule has 1 aromatic carbocycles. The number of carbonyl (C=O) groups excluding carboxylic acids is 1. The van der Waals surface area contributed by atoms with E-state index in [1.807, 2.05) is 0 Å². The molecule has 2 aromatic heterocycles. The lowest BCUT2D eigenvalue weighted by atomic mass is 10.3. The van der Waals surface area contributed by atoms with E-state index in [0.717, 1.165) is 23.1 Å². The predicted octanol–water partition coefficient (Wildman–Crippen LogP) is 3.20. The second kappa shape index (κ2) is 6.77. The summed E-state index contributed by atoms with van der Waals surface area (Å²) in [5, 5.41) is 0. The van der Waals surface area contributed by atoms with Gasteiger partial charge in [0.05, 0.1) is 30.9 Å². The molecular weight excluding hydrogens is 400 g/mol. The van der Waals surface area contributed by atoms with Gasteiger partial charge in [0.25, 0.3) is 5.91 Å². The Morgan fingerprint density at radius 1 is 1.32 bits per heavy atom. The van der Waals surface area contributed by atoms with Crippen LogP contribution in [0.4, 0.5) is 0 Å². The Balaban J connectivity index is 2.20. The van der Waals surface area contributed by atoms with Crippen LogP contribution in [0.15, 0.2) is 40.2 Å². The fourth-order valence-electron chi connectivity index (χ4n) is 2.18. The second-order valence-electron chi connectivity index (χ2n) is 5.10. The van der Waals surface area contributed by atoms with Crippen molar-refractivity contribution in [2.45, 2.75) is 11.4 Å². The third-order valence-corrected chi connectivity index (χ3v) is 6.68. The monoisotopic (exact) mass is 410 g/mol. The van der Waals surface area contributed by atoms with Crippen molar-refractivity contribution in [3.05, 3.63) is 44.3 Å². The van der Waals surface area contributed by atoms with Gasteiger partial charge in [-0.25, -0.2) is 8.42 Å². The highest BCUT2D eigenvalue weighted by molar-refractivity contribution is 7.90. The minimum atomic E-state index is -3.33. The Bertz CT molecular complexity index is 1190. The van der Waals surface area contributed by atoms with E-state index in [4.69, 9.17) is 18.0 Å². The van der Waals surface area contributed by atoms with Crippen molar-refractivity contribution < 1.29 is 13.2 Å². The Labute approximate surface area is 157 Å². The van der Waals surface area contributed by atoms with Gasteiger partial charge in [0.1, 0.15) is 0 Å². The number of hydrogen-bond donors (Lipinski definition) is 0. The zero-order valence-corrected chi connectivity index (χ0v) is 16.1. The highest BCUT2D eigenvalue weighted by Crippen LogP contribution is 2.23. The quantitative estimate of drug-likeness (QED) is 0.622. The van der Waals surface area contributed by atoms with Gasteiger partial charge < -0.3 is 4.57 Å². The molecule has 25 heavy (non-hydrogen) atoms. The average molecular weight is 411 g/mol. The molecule has 0 unspecified atom stereocenters. The molecule has 0 aliphatic heterocycles. The van der Waals surface area contributed by atoms with Crippen LogP contribution in [0.3, 0.4) is 0 Å². The Morgan fingerprint density at radius 2 is 2.08 bits per heavy atom. The van der Waals surface area contributed by atoms with Crippen molar-refractivity contribution in [3.8, 4) is 12.3 Å². The fourth-order valence-corrected chi connectivity index (χ4v) is 4.90. The standard InChI is InChI=1S/C16H11ClN2O3S3/c1-3-8-19-11-5-4-10(25(2,21)22)9-13(11)24-16(19)18-15(20)12-6-7-14(17)23-12/h1,4-7,9H,8H2,2H3. The molecule has 128 valence electrons. The molecule has 3 aromatic rings. The van der Waals surface area contributed by atoms with E-state index in [0.29, 0.717) is 18.7 Å². The summed E-state index contributed by atoms with van der Waals surface area (Å²) in [5.74, 6) is 2.11. The molecule has 0 atom stereocenters. The maximum atomic E-state index is 12.3. The van der Waals surface area contributed by atoms with E-state index in [2.05, 4.69) is 10.9 Å². The van der Waals surface area contributed by atoms with Gasteiger partial charge in [-0.1, -0.05) is 28.9 Å². The van der Waals surface area contributed by atoms with Crippen LogP contribution in [0, 0.1) is 12.3 Å². The number of carbonyl (C=O) groups is 1. The van der Waals surface area contributed by atoms with Crippen LogP contribution >= 0.6 is 34.3 Å². The van der Waals surface area contributed by atoms with Crippen LogP contribution in [-0.2, 0) is 16.4 Å². The first-order valence-electron chi connectivity index (χ1n) is 6.91. The summed E-state index contributed by atoms with van der Waals surface area (Å²) in [5.41, 5.74) is 0.728. The second-order valence-corrected chi connectivity index (χ2v) is 9.84. The van der Waals surface area contributed by atoms with Crippen LogP contribution in [0.2, 0.25) is 4.34 Å². The maximum absolute atomic E-state index is 12.3. The lowest BCUT2D eigenvalue weighted by Gasteiger charge is -2.01. The largest absolute Gasteiger partial charge is 0.305 e. The van der Waals surface area contributed by atoms with Crippen LogP contribution in [-0.4, -0.2) is 25.1 Å². The maximum Gasteiger partial charge on any atom is 0.289 e. The number of terminal acetylenes is 1. The number of sulfone groups is 1. The Kier molecular flexibility index (Phi) is 4.84. The number of fused-ring (bicyclic) bond motifs is 1. The lowest BCUT2D eigenvalue weighted by molar-refractivity contribution is 0.100. The van der Waals surface area contributed by atoms with Crippen molar-refractivity contribution in [1.82, 2.24) is 4.57 Å². The number of aromatic nitrogens is 1. The van der Waals surface area contributed by atoms with E-state index < -0.39 is 15.7 Å². The van der Waals surface area contributed by atoms with Gasteiger partial charge in [-0.3, -0.25) is 4.79 Å². The first-order chi connectivity index (χ1) is 11.8. The number of hydrogen-bond acceptors (Lipinski definition) is 5. The van der Waals surface area contributed by atoms with E-state index >= 15 is 0 Å². The van der Waals surface area contributed by atoms with Crippen LogP contribution in [0.5, 0.6) is 0 Å². The van der Waals surface area contributed by atoms with E-state index in [-0.39, 0.29) is 11.4 Å². The van der Waals surface area contributed by atoms with E-state index in [9.17, 15) is 13.2 Å². The van der Waals surface area contributed by atoms with Gasteiger partial charge in [-0.05, 0) is 30.3 Å². The third-order valence-electron chi connectivity index (χ3n) is 3.31. The molecule has 3 rings (SSSR count). The van der Waals surface area contributed by atoms with Crippen molar-refractivity contribution in [2.75, 3.05) is 6.26 Å². The molecule has 0 fully saturated rings. The minimum Gasteiger partial charge on any atom is -0.305 e. The number of nitrogens with zero attached hydrogens (tertiary/aromatic N) is 2. The van der Waals surface area contributed by atoms with Crippen LogP contribution < -0.4 is 4.80 Å². The Morgan fingerprint density at radius 3 is 2.68 bits per heavy atom. The summed E-state index contributed by atoms with van der Waals surface area (Å²) in [7, 11) is -3.33. The van der Waals surface area contributed by atoms with Crippen LogP contribution in [0.25, 0.3) is 10.2 Å². The number of benzene rings is 1. The molecule has 0 spiro atoms. The number of halogens is 1. The third kappa shape index (κ3) is 3.70. The summed E-state index contributed by atoms with van der Waals surface area (Å²) in [6, 6.07) is 7.99. The smallest absolute Gasteiger partial charge is 0.289 e. The van der Waals surface area contributed by atoms with Gasteiger partial charge in [-0.15, -0.1) is 17.8 Å². The van der Waals surface area contributed by atoms with Crippen molar-refractivity contribution >= 4 is 60.2 Å². The summed E-state index contributed by atoms with van der Waals surface area (Å²) in [4.78, 5) is 17.5. The van der Waals surface area contributed by atoms with Gasteiger partial charge in [0.2, 0.25) is 0 Å². The van der Waals surface area contributed by atoms with E-state index in [1.165, 1.54) is 17.4 Å². The molecule has 0 aliphatic rings. The number of thiazole rings is 1. The first kappa shape index (κ1) is 17.9. The summed E-state index contributed by atoms with van der Waals surface area (Å²) >= 11 is 8.21. The lowest BCUT2D eigenvalue weighted by Crippen LogP contribution is -2.16. The summed E-state index contributed by atoms with van der Waals surface area (Å²) in [6.45, 7) is 0.218. The molecule has 2 heterocycles. The highest BCUT2D eigenvalue weighted by atomic mass is 35.5. The minimum absolute atomic E-state index is 0.206. The molecule has 0 aliphatic carbocycles. The molecule has 0 N–H and O–H groups in total. The molecule has 0 saturated carbocycles. The van der Waals surface area contributed by atoms with Crippen molar-refractivity contribution in [3.63, 3.8) is 0 Å². The van der Waals surface area contributed by atoms with Gasteiger partial charge >= 0.3 is 0 Å². The average Bonchev–Trinajstić information content (AvgIpc) is 3.11. The number of thiophene rings is 1. The molecular formula is C16H11ClN2O3S3. The molecule has 0 radical (unpaired) electrons. The molecule has 0 bridgehead atoms. The number of rotatable bonds is 3. The molecule has 9 heteroatoms. The van der Waals surface area contributed by atoms with E-state index in [1.54, 1.807) is 28.8 Å². The van der Waals surface area contributed by atoms with Crippen molar-refractivity contribution in [2.24, 2.45) is 4.99 Å². The van der Waals surface area contributed by atoms with Crippen molar-refractivity contribution in [1.29, 1.82) is 0 Å². The van der Waals surface area contributed by atoms with Gasteiger partial charge in [-0.2, -0.15) is 4.99 Å². The predicted molar refractivity (Wildman–Crippen MR) is 101 cm³/mol. The molecule has 1 amide bonds. The van der Waals surface area contributed by atoms with Gasteiger partial charge in [0, 0.05) is 6.26 Å². The zero-order chi connectivity index (χ0) is 18.2. The van der Waals surface area contributed by atoms with Crippen LogP contribution in [0.1, 0.15) is 9.67 Å². The Hall–Kier alpha value is -1.92. The zero-order valence-electron chi connectivity index (χ0n) is 12.9. The summed E-state index contributed by atoms with van der Waals surface area (Å²) in [6.07, 6.45) is 6.57. The molecule has 0 saturated heterocycles. The topological polar surface area (TPSA) is 68.5 Å². The SMILES string of the molecule is C#CCn1c(=NC(=O)c2ccc(Cl)s2)sc2cc(S(C)(=O)=O)ccc21. The molecule has 5 nitrogen and oxygen atoms in total. The van der Waals surface area contributed by atoms with Gasteiger partial charge in [0.15, 0.2) is 14.6 Å². The summed E-state index contributed by atoms with van der Waals surface area (Å²) < 4.78 is 26.4. The fraction of sp³-hybridized carbons (Fsp3) is 0.125. The first-order valence-corrected chi connectivity index (χ1v) is 10.8. The normalized spacial score (nSPS) is 12.4. The number of amides is 1.